The number of hydrogen-bond donors (Lipinski definition) is 0. The average molecular weight is 173 g/mol. The van der Waals surface area contributed by atoms with Crippen LogP contribution in [0.15, 0.2) is 24.3 Å². The normalized spacial score (nSPS) is 20.5. The monoisotopic (exact) mass is 173 g/mol. The summed E-state index contributed by atoms with van der Waals surface area (Å²) in [7, 11) is 0. The molecule has 0 aromatic heterocycles. The van der Waals surface area contributed by atoms with Crippen LogP contribution in [0.25, 0.3) is 0 Å². The largest absolute Gasteiger partial charge is 0.371 e. The summed E-state index contributed by atoms with van der Waals surface area (Å²) < 4.78 is 0. The third-order valence-corrected chi connectivity index (χ3v) is 3.16. The van der Waals surface area contributed by atoms with Crippen LogP contribution in [0.3, 0.4) is 0 Å². The quantitative estimate of drug-likeness (QED) is 0.664. The zero-order valence-corrected chi connectivity index (χ0v) is 7.87. The minimum Gasteiger partial charge on any atom is -0.371 e. The molecule has 1 saturated carbocycles. The Hall–Kier alpha value is -0.980. The van der Waals surface area contributed by atoms with Gasteiger partial charge in [0.15, 0.2) is 0 Å². The molecule has 13 heavy (non-hydrogen) atoms. The number of benzene rings is 1. The first-order valence-electron chi connectivity index (χ1n) is 5.26. The van der Waals surface area contributed by atoms with Crippen LogP contribution in [0, 0.1) is 5.92 Å². The van der Waals surface area contributed by atoms with Crippen molar-refractivity contribution in [3.05, 3.63) is 29.8 Å². The van der Waals surface area contributed by atoms with Crippen LogP contribution in [0.4, 0.5) is 5.69 Å². The van der Waals surface area contributed by atoms with Gasteiger partial charge >= 0.3 is 0 Å². The lowest BCUT2D eigenvalue weighted by Gasteiger charge is -2.18. The first kappa shape index (κ1) is 7.43. The molecule has 1 heterocycles. The zero-order chi connectivity index (χ0) is 8.67. The summed E-state index contributed by atoms with van der Waals surface area (Å²) in [4.78, 5) is 2.56. The highest BCUT2D eigenvalue weighted by Crippen LogP contribution is 2.34. The van der Waals surface area contributed by atoms with Gasteiger partial charge in [0.25, 0.3) is 0 Å². The van der Waals surface area contributed by atoms with Crippen LogP contribution in [0.2, 0.25) is 0 Å². The number of para-hydroxylation sites is 1. The van der Waals surface area contributed by atoms with E-state index in [1.54, 1.807) is 5.56 Å². The number of fused-ring (bicyclic) bond motifs is 1. The molecule has 1 fully saturated rings. The molecule has 1 nitrogen and oxygen atoms in total. The molecular formula is C12H15N. The van der Waals surface area contributed by atoms with Gasteiger partial charge in [0.1, 0.15) is 0 Å². The number of anilines is 1. The molecule has 3 rings (SSSR count). The molecule has 1 aromatic carbocycles. The summed E-state index contributed by atoms with van der Waals surface area (Å²) in [5.41, 5.74) is 3.04. The fourth-order valence-corrected chi connectivity index (χ4v) is 2.21. The van der Waals surface area contributed by atoms with E-state index in [4.69, 9.17) is 0 Å². The summed E-state index contributed by atoms with van der Waals surface area (Å²) in [6.45, 7) is 2.55. The predicted octanol–water partition coefficient (Wildman–Crippen LogP) is 2.46. The lowest BCUT2D eigenvalue weighted by Crippen LogP contribution is -2.22. The van der Waals surface area contributed by atoms with E-state index in [9.17, 15) is 0 Å². The molecular weight excluding hydrogens is 158 g/mol. The first-order valence-corrected chi connectivity index (χ1v) is 5.26. The van der Waals surface area contributed by atoms with E-state index in [1.807, 2.05) is 0 Å². The molecule has 0 amide bonds. The van der Waals surface area contributed by atoms with Crippen LogP contribution < -0.4 is 4.90 Å². The minimum atomic E-state index is 1.01. The van der Waals surface area contributed by atoms with Crippen LogP contribution in [-0.4, -0.2) is 13.1 Å². The Morgan fingerprint density at radius 1 is 1.23 bits per heavy atom. The molecule has 0 unspecified atom stereocenters. The fraction of sp³-hybridized carbons (Fsp3) is 0.500. The highest BCUT2D eigenvalue weighted by Gasteiger charge is 2.27. The third kappa shape index (κ3) is 1.32. The van der Waals surface area contributed by atoms with Gasteiger partial charge in [0, 0.05) is 18.8 Å². The summed E-state index contributed by atoms with van der Waals surface area (Å²) in [5.74, 6) is 1.01. The molecule has 1 aromatic rings. The SMILES string of the molecule is c1ccc2c(c1)CCN2CC1CC1. The van der Waals surface area contributed by atoms with Crippen LogP contribution in [-0.2, 0) is 6.42 Å². The molecule has 1 aliphatic carbocycles. The summed E-state index contributed by atoms with van der Waals surface area (Å²) in [5, 5.41) is 0. The van der Waals surface area contributed by atoms with Gasteiger partial charge in [0.05, 0.1) is 0 Å². The Bertz CT molecular complexity index is 315. The van der Waals surface area contributed by atoms with E-state index in [-0.39, 0.29) is 0 Å². The Balaban J connectivity index is 1.84. The van der Waals surface area contributed by atoms with Gasteiger partial charge in [-0.2, -0.15) is 0 Å². The van der Waals surface area contributed by atoms with Crippen molar-refractivity contribution in [2.75, 3.05) is 18.0 Å². The maximum absolute atomic E-state index is 2.56. The Kier molecular flexibility index (Phi) is 1.58. The van der Waals surface area contributed by atoms with Crippen molar-refractivity contribution in [2.24, 2.45) is 5.92 Å². The van der Waals surface area contributed by atoms with Crippen molar-refractivity contribution in [1.29, 1.82) is 0 Å². The van der Waals surface area contributed by atoms with Gasteiger partial charge < -0.3 is 4.90 Å². The Labute approximate surface area is 79.4 Å². The van der Waals surface area contributed by atoms with E-state index in [0.717, 1.165) is 5.92 Å². The molecule has 0 atom stereocenters. The molecule has 0 spiro atoms. The van der Waals surface area contributed by atoms with E-state index >= 15 is 0 Å². The van der Waals surface area contributed by atoms with Gasteiger partial charge in [-0.3, -0.25) is 0 Å². The molecule has 0 saturated heterocycles. The van der Waals surface area contributed by atoms with Crippen LogP contribution in [0.1, 0.15) is 18.4 Å². The number of nitrogens with zero attached hydrogens (tertiary/aromatic N) is 1. The van der Waals surface area contributed by atoms with Crippen LogP contribution >= 0.6 is 0 Å². The second kappa shape index (κ2) is 2.76. The standard InChI is InChI=1S/C12H15N/c1-2-4-12-11(3-1)7-8-13(12)9-10-5-6-10/h1-4,10H,5-9H2. The van der Waals surface area contributed by atoms with Gasteiger partial charge in [0.2, 0.25) is 0 Å². The number of hydrogen-bond acceptors (Lipinski definition) is 1. The topological polar surface area (TPSA) is 3.24 Å². The van der Waals surface area contributed by atoms with E-state index in [1.165, 1.54) is 38.0 Å². The van der Waals surface area contributed by atoms with Gasteiger partial charge in [-0.1, -0.05) is 18.2 Å². The number of rotatable bonds is 2. The van der Waals surface area contributed by atoms with Gasteiger partial charge in [-0.05, 0) is 36.8 Å². The Morgan fingerprint density at radius 3 is 2.92 bits per heavy atom. The first-order chi connectivity index (χ1) is 6.43. The summed E-state index contributed by atoms with van der Waals surface area (Å²) >= 11 is 0. The molecule has 0 bridgehead atoms. The summed E-state index contributed by atoms with van der Waals surface area (Å²) in [6.07, 6.45) is 4.17. The van der Waals surface area contributed by atoms with Crippen molar-refractivity contribution in [1.82, 2.24) is 0 Å². The highest BCUT2D eigenvalue weighted by molar-refractivity contribution is 5.57. The maximum atomic E-state index is 2.56. The van der Waals surface area contributed by atoms with Crippen molar-refractivity contribution in [3.8, 4) is 0 Å². The molecule has 0 N–H and O–H groups in total. The second-order valence-corrected chi connectivity index (χ2v) is 4.27. The van der Waals surface area contributed by atoms with Crippen molar-refractivity contribution in [2.45, 2.75) is 19.3 Å². The molecule has 0 radical (unpaired) electrons. The van der Waals surface area contributed by atoms with E-state index in [0.29, 0.717) is 0 Å². The van der Waals surface area contributed by atoms with Gasteiger partial charge in [-0.15, -0.1) is 0 Å². The lowest BCUT2D eigenvalue weighted by molar-refractivity contribution is 0.747. The minimum absolute atomic E-state index is 1.01. The smallest absolute Gasteiger partial charge is 0.0399 e. The van der Waals surface area contributed by atoms with Crippen molar-refractivity contribution < 1.29 is 0 Å². The maximum Gasteiger partial charge on any atom is 0.0399 e. The summed E-state index contributed by atoms with van der Waals surface area (Å²) in [6, 6.07) is 8.84. The van der Waals surface area contributed by atoms with Crippen molar-refractivity contribution >= 4 is 5.69 Å². The highest BCUT2D eigenvalue weighted by atomic mass is 15.1. The van der Waals surface area contributed by atoms with E-state index < -0.39 is 0 Å². The third-order valence-electron chi connectivity index (χ3n) is 3.16. The van der Waals surface area contributed by atoms with Crippen molar-refractivity contribution in [3.63, 3.8) is 0 Å². The lowest BCUT2D eigenvalue weighted by atomic mass is 10.2. The average Bonchev–Trinajstić information content (AvgIpc) is 2.88. The fourth-order valence-electron chi connectivity index (χ4n) is 2.21. The second-order valence-electron chi connectivity index (χ2n) is 4.27. The van der Waals surface area contributed by atoms with Gasteiger partial charge in [-0.25, -0.2) is 0 Å². The van der Waals surface area contributed by atoms with E-state index in [2.05, 4.69) is 29.2 Å². The molecule has 1 heteroatoms. The predicted molar refractivity (Wildman–Crippen MR) is 55.1 cm³/mol. The zero-order valence-electron chi connectivity index (χ0n) is 7.87. The molecule has 2 aliphatic rings. The van der Waals surface area contributed by atoms with Crippen LogP contribution in [0.5, 0.6) is 0 Å². The Morgan fingerprint density at radius 2 is 2.08 bits per heavy atom. The molecule has 1 aliphatic heterocycles. The molecule has 68 valence electrons.